The molecule has 0 heterocycles. The number of hydrogen-bond donors (Lipinski definition) is 1. The van der Waals surface area contributed by atoms with E-state index < -0.39 is 12.0 Å². The minimum absolute atomic E-state index is 0.270. The number of amides is 1. The first-order chi connectivity index (χ1) is 12.5. The molecule has 138 valence electrons. The Labute approximate surface area is 158 Å². The summed E-state index contributed by atoms with van der Waals surface area (Å²) in [5.41, 5.74) is 1.92. The van der Waals surface area contributed by atoms with Gasteiger partial charge in [-0.3, -0.25) is 4.79 Å². The first-order valence-corrected chi connectivity index (χ1v) is 8.75. The quantitative estimate of drug-likeness (QED) is 0.717. The van der Waals surface area contributed by atoms with Crippen molar-refractivity contribution in [1.82, 2.24) is 5.32 Å². The van der Waals surface area contributed by atoms with Gasteiger partial charge in [-0.1, -0.05) is 35.9 Å². The normalized spacial score (nSPS) is 11.5. The van der Waals surface area contributed by atoms with E-state index in [9.17, 15) is 9.59 Å². The van der Waals surface area contributed by atoms with Crippen molar-refractivity contribution in [3.05, 3.63) is 64.7 Å². The third kappa shape index (κ3) is 6.41. The van der Waals surface area contributed by atoms with Gasteiger partial charge in [0, 0.05) is 18.4 Å². The zero-order valence-corrected chi connectivity index (χ0v) is 15.6. The predicted octanol–water partition coefficient (Wildman–Crippen LogP) is 3.53. The molecule has 1 amide bonds. The number of ether oxygens (including phenoxy) is 2. The van der Waals surface area contributed by atoms with Gasteiger partial charge in [0.2, 0.25) is 5.91 Å². The second-order valence-electron chi connectivity index (χ2n) is 5.77. The van der Waals surface area contributed by atoms with E-state index in [1.54, 1.807) is 6.92 Å². The van der Waals surface area contributed by atoms with Crippen LogP contribution in [-0.2, 0) is 27.4 Å². The first-order valence-electron chi connectivity index (χ1n) is 8.38. The number of nitrogens with one attached hydrogen (secondary N) is 1. The van der Waals surface area contributed by atoms with Gasteiger partial charge < -0.3 is 14.8 Å². The standard InChI is InChI=1S/C20H22ClNO4/c1-3-25-20(24)19(22-14(2)23)12-15-6-10-18(11-7-15)26-13-16-4-8-17(21)9-5-16/h4-11,19H,3,12-13H2,1-2H3,(H,22,23)/t19-/m0/s1. The minimum atomic E-state index is -0.701. The van der Waals surface area contributed by atoms with Gasteiger partial charge in [0.15, 0.2) is 0 Å². The van der Waals surface area contributed by atoms with E-state index >= 15 is 0 Å². The molecule has 0 spiro atoms. The first kappa shape index (κ1) is 19.8. The SMILES string of the molecule is CCOC(=O)[C@H](Cc1ccc(OCc2ccc(Cl)cc2)cc1)NC(C)=O. The van der Waals surface area contributed by atoms with Gasteiger partial charge in [0.05, 0.1) is 6.61 Å². The number of carbonyl (C=O) groups is 2. The second kappa shape index (κ2) is 9.82. The van der Waals surface area contributed by atoms with Gasteiger partial charge in [-0.2, -0.15) is 0 Å². The molecule has 0 aliphatic rings. The van der Waals surface area contributed by atoms with E-state index in [1.807, 2.05) is 48.5 Å². The number of esters is 1. The molecule has 2 rings (SSSR count). The highest BCUT2D eigenvalue weighted by Gasteiger charge is 2.21. The largest absolute Gasteiger partial charge is 0.489 e. The van der Waals surface area contributed by atoms with E-state index in [4.69, 9.17) is 21.1 Å². The van der Waals surface area contributed by atoms with Crippen LogP contribution < -0.4 is 10.1 Å². The summed E-state index contributed by atoms with van der Waals surface area (Å²) < 4.78 is 10.7. The molecular formula is C20H22ClNO4. The molecule has 0 aromatic heterocycles. The van der Waals surface area contributed by atoms with E-state index in [0.717, 1.165) is 16.9 Å². The molecule has 6 heteroatoms. The number of rotatable bonds is 8. The van der Waals surface area contributed by atoms with Gasteiger partial charge in [-0.25, -0.2) is 4.79 Å². The zero-order valence-electron chi connectivity index (χ0n) is 14.8. The maximum Gasteiger partial charge on any atom is 0.328 e. The average molecular weight is 376 g/mol. The van der Waals surface area contributed by atoms with Crippen LogP contribution >= 0.6 is 11.6 Å². The molecule has 0 unspecified atom stereocenters. The Bertz CT molecular complexity index is 728. The van der Waals surface area contributed by atoms with Gasteiger partial charge in [0.1, 0.15) is 18.4 Å². The van der Waals surface area contributed by atoms with Crippen molar-refractivity contribution in [1.29, 1.82) is 0 Å². The second-order valence-corrected chi connectivity index (χ2v) is 6.20. The fourth-order valence-corrected chi connectivity index (χ4v) is 2.51. The molecular weight excluding hydrogens is 354 g/mol. The van der Waals surface area contributed by atoms with Crippen LogP contribution in [0.25, 0.3) is 0 Å². The lowest BCUT2D eigenvalue weighted by Gasteiger charge is -2.16. The Morgan fingerprint density at radius 3 is 2.23 bits per heavy atom. The van der Waals surface area contributed by atoms with Crippen LogP contribution in [0.1, 0.15) is 25.0 Å². The molecule has 0 saturated heterocycles. The van der Waals surface area contributed by atoms with Crippen molar-refractivity contribution < 1.29 is 19.1 Å². The van der Waals surface area contributed by atoms with E-state index in [0.29, 0.717) is 18.1 Å². The maximum absolute atomic E-state index is 12.0. The Morgan fingerprint density at radius 1 is 1.04 bits per heavy atom. The Kier molecular flexibility index (Phi) is 7.48. The van der Waals surface area contributed by atoms with E-state index in [-0.39, 0.29) is 12.5 Å². The van der Waals surface area contributed by atoms with Crippen LogP contribution in [-0.4, -0.2) is 24.5 Å². The van der Waals surface area contributed by atoms with Crippen molar-refractivity contribution in [3.8, 4) is 5.75 Å². The smallest absolute Gasteiger partial charge is 0.328 e. The number of benzene rings is 2. The fourth-order valence-electron chi connectivity index (χ4n) is 2.39. The summed E-state index contributed by atoms with van der Waals surface area (Å²) in [6, 6.07) is 14.2. The third-order valence-corrected chi connectivity index (χ3v) is 3.88. The molecule has 0 fully saturated rings. The van der Waals surface area contributed by atoms with Crippen LogP contribution in [0.4, 0.5) is 0 Å². The van der Waals surface area contributed by atoms with Gasteiger partial charge >= 0.3 is 5.97 Å². The highest BCUT2D eigenvalue weighted by molar-refractivity contribution is 6.30. The van der Waals surface area contributed by atoms with Crippen LogP contribution in [0.5, 0.6) is 5.75 Å². The van der Waals surface area contributed by atoms with E-state index in [2.05, 4.69) is 5.32 Å². The predicted molar refractivity (Wildman–Crippen MR) is 100 cm³/mol. The van der Waals surface area contributed by atoms with Gasteiger partial charge in [0.25, 0.3) is 0 Å². The summed E-state index contributed by atoms with van der Waals surface area (Å²) in [6.07, 6.45) is 0.357. The Balaban J connectivity index is 1.95. The number of carbonyl (C=O) groups excluding carboxylic acids is 2. The fraction of sp³-hybridized carbons (Fsp3) is 0.300. The van der Waals surface area contributed by atoms with Gasteiger partial charge in [-0.05, 0) is 42.3 Å². The number of hydrogen-bond acceptors (Lipinski definition) is 4. The van der Waals surface area contributed by atoms with Crippen molar-refractivity contribution in [2.75, 3.05) is 6.61 Å². The molecule has 1 N–H and O–H groups in total. The molecule has 0 radical (unpaired) electrons. The molecule has 0 aliphatic carbocycles. The minimum Gasteiger partial charge on any atom is -0.489 e. The summed E-state index contributed by atoms with van der Waals surface area (Å²) in [5, 5.41) is 3.31. The molecule has 0 saturated carbocycles. The van der Waals surface area contributed by atoms with Crippen LogP contribution in [0.2, 0.25) is 5.02 Å². The Morgan fingerprint density at radius 2 is 1.65 bits per heavy atom. The lowest BCUT2D eigenvalue weighted by atomic mass is 10.1. The Hall–Kier alpha value is -2.53. The van der Waals surface area contributed by atoms with Crippen molar-refractivity contribution >= 4 is 23.5 Å². The van der Waals surface area contributed by atoms with Crippen molar-refractivity contribution in [2.24, 2.45) is 0 Å². The summed E-state index contributed by atoms with van der Waals surface area (Å²) in [4.78, 5) is 23.3. The molecule has 1 atom stereocenters. The zero-order chi connectivity index (χ0) is 18.9. The lowest BCUT2D eigenvalue weighted by molar-refractivity contribution is -0.147. The topological polar surface area (TPSA) is 64.6 Å². The lowest BCUT2D eigenvalue weighted by Crippen LogP contribution is -2.42. The van der Waals surface area contributed by atoms with Crippen LogP contribution in [0.3, 0.4) is 0 Å². The molecule has 26 heavy (non-hydrogen) atoms. The average Bonchev–Trinajstić information content (AvgIpc) is 2.62. The summed E-state index contributed by atoms with van der Waals surface area (Å²) in [7, 11) is 0. The van der Waals surface area contributed by atoms with Crippen LogP contribution in [0.15, 0.2) is 48.5 Å². The number of halogens is 1. The van der Waals surface area contributed by atoms with Crippen molar-refractivity contribution in [2.45, 2.75) is 32.9 Å². The maximum atomic E-state index is 12.0. The molecule has 0 aliphatic heterocycles. The highest BCUT2D eigenvalue weighted by atomic mass is 35.5. The molecule has 0 bridgehead atoms. The summed E-state index contributed by atoms with van der Waals surface area (Å²) >= 11 is 5.86. The highest BCUT2D eigenvalue weighted by Crippen LogP contribution is 2.17. The molecule has 5 nitrogen and oxygen atoms in total. The van der Waals surface area contributed by atoms with Crippen LogP contribution in [0, 0.1) is 0 Å². The third-order valence-electron chi connectivity index (χ3n) is 3.63. The van der Waals surface area contributed by atoms with Gasteiger partial charge in [-0.15, -0.1) is 0 Å². The summed E-state index contributed by atoms with van der Waals surface area (Å²) in [6.45, 7) is 3.82. The molecule has 2 aromatic rings. The molecule has 2 aromatic carbocycles. The summed E-state index contributed by atoms with van der Waals surface area (Å²) in [5.74, 6) is 0.00708. The van der Waals surface area contributed by atoms with E-state index in [1.165, 1.54) is 6.92 Å². The van der Waals surface area contributed by atoms with Crippen molar-refractivity contribution in [3.63, 3.8) is 0 Å². The monoisotopic (exact) mass is 375 g/mol.